The van der Waals surface area contributed by atoms with Gasteiger partial charge in [-0.15, -0.1) is 0 Å². The summed E-state index contributed by atoms with van der Waals surface area (Å²) < 4.78 is 6.94. The van der Waals surface area contributed by atoms with Crippen molar-refractivity contribution in [1.82, 2.24) is 30.8 Å². The minimum atomic E-state index is -0.509. The number of hydrogen-bond acceptors (Lipinski definition) is 5. The van der Waals surface area contributed by atoms with E-state index in [1.807, 2.05) is 61.5 Å². The molecular weight excluding hydrogens is 420 g/mol. The van der Waals surface area contributed by atoms with Crippen LogP contribution in [0.1, 0.15) is 39.0 Å². The highest BCUT2D eigenvalue weighted by atomic mass is 16.5. The van der Waals surface area contributed by atoms with Gasteiger partial charge in [-0.25, -0.2) is 0 Å². The maximum absolute atomic E-state index is 12.7. The van der Waals surface area contributed by atoms with Gasteiger partial charge in [0.2, 0.25) is 0 Å². The zero-order chi connectivity index (χ0) is 23.2. The summed E-state index contributed by atoms with van der Waals surface area (Å²) in [5.41, 5.74) is 8.81. The first-order valence-corrected chi connectivity index (χ1v) is 10.5. The normalized spacial score (nSPS) is 10.6. The fourth-order valence-electron chi connectivity index (χ4n) is 3.46. The molecule has 3 N–H and O–H groups in total. The molecule has 0 bridgehead atoms. The Morgan fingerprint density at radius 1 is 1.03 bits per heavy atom. The molecule has 4 rings (SSSR count). The molecule has 168 valence electrons. The van der Waals surface area contributed by atoms with Crippen LogP contribution in [0.3, 0.4) is 0 Å². The molecule has 9 heteroatoms. The summed E-state index contributed by atoms with van der Waals surface area (Å²) in [4.78, 5) is 25.2. The predicted octanol–water partition coefficient (Wildman–Crippen LogP) is 2.97. The molecule has 0 aliphatic carbocycles. The zero-order valence-electron chi connectivity index (χ0n) is 18.3. The van der Waals surface area contributed by atoms with E-state index in [9.17, 15) is 9.59 Å². The Kier molecular flexibility index (Phi) is 6.49. The molecule has 2 aromatic carbocycles. The van der Waals surface area contributed by atoms with Crippen molar-refractivity contribution in [3.8, 4) is 17.0 Å². The van der Waals surface area contributed by atoms with Gasteiger partial charge in [-0.2, -0.15) is 10.2 Å². The van der Waals surface area contributed by atoms with Crippen LogP contribution in [0, 0.1) is 0 Å². The van der Waals surface area contributed by atoms with E-state index in [-0.39, 0.29) is 5.69 Å². The highest BCUT2D eigenvalue weighted by Crippen LogP contribution is 2.21. The zero-order valence-corrected chi connectivity index (χ0v) is 18.3. The van der Waals surface area contributed by atoms with Gasteiger partial charge in [-0.1, -0.05) is 37.3 Å². The Morgan fingerprint density at radius 3 is 2.45 bits per heavy atom. The molecule has 9 nitrogen and oxygen atoms in total. The number of benzene rings is 2. The number of nitrogens with one attached hydrogen (secondary N) is 3. The van der Waals surface area contributed by atoms with Crippen LogP contribution in [0.4, 0.5) is 0 Å². The molecule has 0 saturated heterocycles. The number of ether oxygens (including phenoxy) is 1. The maximum Gasteiger partial charge on any atom is 0.287 e. The third-order valence-corrected chi connectivity index (χ3v) is 5.20. The van der Waals surface area contributed by atoms with Gasteiger partial charge < -0.3 is 4.74 Å². The van der Waals surface area contributed by atoms with Gasteiger partial charge in [0.25, 0.3) is 11.8 Å². The number of hydrazine groups is 1. The van der Waals surface area contributed by atoms with Crippen LogP contribution < -0.4 is 15.6 Å². The molecule has 0 spiro atoms. The van der Waals surface area contributed by atoms with Crippen LogP contribution in [-0.4, -0.2) is 38.9 Å². The lowest BCUT2D eigenvalue weighted by atomic mass is 10.1. The van der Waals surface area contributed by atoms with Gasteiger partial charge in [0.05, 0.1) is 36.8 Å². The third-order valence-electron chi connectivity index (χ3n) is 5.20. The highest BCUT2D eigenvalue weighted by Gasteiger charge is 2.18. The van der Waals surface area contributed by atoms with Gasteiger partial charge in [0, 0.05) is 5.56 Å². The van der Waals surface area contributed by atoms with Crippen molar-refractivity contribution < 1.29 is 14.3 Å². The van der Waals surface area contributed by atoms with Crippen molar-refractivity contribution in [2.75, 3.05) is 7.11 Å². The van der Waals surface area contributed by atoms with Crippen LogP contribution in [0.2, 0.25) is 0 Å². The van der Waals surface area contributed by atoms with E-state index in [0.29, 0.717) is 24.2 Å². The lowest BCUT2D eigenvalue weighted by Crippen LogP contribution is -2.42. The summed E-state index contributed by atoms with van der Waals surface area (Å²) in [5, 5.41) is 11.2. The van der Waals surface area contributed by atoms with Crippen LogP contribution in [-0.2, 0) is 13.0 Å². The highest BCUT2D eigenvalue weighted by molar-refractivity contribution is 5.99. The van der Waals surface area contributed by atoms with E-state index in [0.717, 1.165) is 22.6 Å². The summed E-state index contributed by atoms with van der Waals surface area (Å²) in [6.07, 6.45) is 2.14. The van der Waals surface area contributed by atoms with Gasteiger partial charge in [-0.05, 0) is 42.3 Å². The average molecular weight is 444 g/mol. The van der Waals surface area contributed by atoms with E-state index in [2.05, 4.69) is 26.1 Å². The third kappa shape index (κ3) is 4.93. The Hall–Kier alpha value is -4.40. The standard InChI is InChI=1S/C24H24N6O3/c1-3-22-19(14-25-30(22)15-16-7-5-4-6-8-16)23(31)28-29-24(32)21-13-20(26-27-21)17-9-11-18(33-2)12-10-17/h4-14H,3,15H2,1-2H3,(H,26,27)(H,28,31)(H,29,32). The number of rotatable bonds is 7. The molecule has 33 heavy (non-hydrogen) atoms. The number of nitrogens with zero attached hydrogens (tertiary/aromatic N) is 3. The summed E-state index contributed by atoms with van der Waals surface area (Å²) in [7, 11) is 1.60. The van der Waals surface area contributed by atoms with Crippen LogP contribution in [0.15, 0.2) is 66.9 Å². The number of aromatic amines is 1. The van der Waals surface area contributed by atoms with Crippen molar-refractivity contribution in [2.24, 2.45) is 0 Å². The van der Waals surface area contributed by atoms with E-state index in [1.165, 1.54) is 6.20 Å². The molecule has 4 aromatic rings. The van der Waals surface area contributed by atoms with E-state index < -0.39 is 11.8 Å². The molecular formula is C24H24N6O3. The second-order valence-corrected chi connectivity index (χ2v) is 7.31. The van der Waals surface area contributed by atoms with E-state index in [1.54, 1.807) is 17.9 Å². The largest absolute Gasteiger partial charge is 0.497 e. The van der Waals surface area contributed by atoms with Gasteiger partial charge in [0.1, 0.15) is 11.4 Å². The lowest BCUT2D eigenvalue weighted by molar-refractivity contribution is 0.0843. The Labute approximate surface area is 190 Å². The number of H-pyrrole nitrogens is 1. The number of carbonyl (C=O) groups excluding carboxylic acids is 2. The van der Waals surface area contributed by atoms with Crippen LogP contribution in [0.5, 0.6) is 5.75 Å². The van der Waals surface area contributed by atoms with E-state index in [4.69, 9.17) is 4.74 Å². The lowest BCUT2D eigenvalue weighted by Gasteiger charge is -2.09. The average Bonchev–Trinajstić information content (AvgIpc) is 3.50. The fraction of sp³-hybridized carbons (Fsp3) is 0.167. The molecule has 2 aromatic heterocycles. The Bertz CT molecular complexity index is 1240. The minimum absolute atomic E-state index is 0.219. The smallest absolute Gasteiger partial charge is 0.287 e. The summed E-state index contributed by atoms with van der Waals surface area (Å²) in [5.74, 6) is -0.215. The number of hydrogen-bond donors (Lipinski definition) is 3. The number of carbonyl (C=O) groups is 2. The van der Waals surface area contributed by atoms with Gasteiger partial charge >= 0.3 is 0 Å². The number of amides is 2. The van der Waals surface area contributed by atoms with Crippen molar-refractivity contribution >= 4 is 11.8 Å². The molecule has 0 aliphatic rings. The molecule has 0 aliphatic heterocycles. The fourth-order valence-corrected chi connectivity index (χ4v) is 3.46. The first-order chi connectivity index (χ1) is 16.1. The minimum Gasteiger partial charge on any atom is -0.497 e. The second-order valence-electron chi connectivity index (χ2n) is 7.31. The monoisotopic (exact) mass is 444 g/mol. The second kappa shape index (κ2) is 9.82. The van der Waals surface area contributed by atoms with Crippen molar-refractivity contribution in [2.45, 2.75) is 19.9 Å². The SMILES string of the molecule is CCc1c(C(=O)NNC(=O)c2cc(-c3ccc(OC)cc3)n[nH]2)cnn1Cc1ccccc1. The summed E-state index contributed by atoms with van der Waals surface area (Å²) in [6.45, 7) is 2.52. The van der Waals surface area contributed by atoms with Crippen LogP contribution in [0.25, 0.3) is 11.3 Å². The quantitative estimate of drug-likeness (QED) is 0.379. The van der Waals surface area contributed by atoms with Gasteiger partial charge in [-0.3, -0.25) is 30.2 Å². The molecule has 2 heterocycles. The van der Waals surface area contributed by atoms with Crippen LogP contribution >= 0.6 is 0 Å². The van der Waals surface area contributed by atoms with Crippen molar-refractivity contribution in [1.29, 1.82) is 0 Å². The number of methoxy groups -OCH3 is 1. The van der Waals surface area contributed by atoms with Crippen molar-refractivity contribution in [3.63, 3.8) is 0 Å². The molecule has 0 radical (unpaired) electrons. The Balaban J connectivity index is 1.39. The molecule has 0 fully saturated rings. The molecule has 0 atom stereocenters. The first kappa shape index (κ1) is 21.8. The topological polar surface area (TPSA) is 114 Å². The molecule has 0 saturated carbocycles. The molecule has 0 unspecified atom stereocenters. The van der Waals surface area contributed by atoms with Gasteiger partial charge in [0.15, 0.2) is 0 Å². The van der Waals surface area contributed by atoms with Crippen molar-refractivity contribution in [3.05, 3.63) is 89.4 Å². The number of aromatic nitrogens is 4. The summed E-state index contributed by atoms with van der Waals surface area (Å²) in [6, 6.07) is 18.8. The maximum atomic E-state index is 12.7. The first-order valence-electron chi connectivity index (χ1n) is 10.5. The predicted molar refractivity (Wildman–Crippen MR) is 123 cm³/mol. The summed E-state index contributed by atoms with van der Waals surface area (Å²) >= 11 is 0. The van der Waals surface area contributed by atoms with E-state index >= 15 is 0 Å². The molecule has 2 amide bonds. The Morgan fingerprint density at radius 2 is 1.76 bits per heavy atom.